The van der Waals surface area contributed by atoms with Crippen molar-refractivity contribution >= 4 is 6.03 Å². The summed E-state index contributed by atoms with van der Waals surface area (Å²) in [6, 6.07) is 5.18. The van der Waals surface area contributed by atoms with Gasteiger partial charge in [-0.15, -0.1) is 0 Å². The number of nitrogens with one attached hydrogen (secondary N) is 2. The third kappa shape index (κ3) is 4.22. The highest BCUT2D eigenvalue weighted by atomic mass is 16.7. The molecule has 1 aromatic rings. The average Bonchev–Trinajstić information content (AvgIpc) is 2.79. The molecule has 0 unspecified atom stereocenters. The number of benzene rings is 1. The third-order valence-electron chi connectivity index (χ3n) is 2.49. The van der Waals surface area contributed by atoms with Crippen molar-refractivity contribution in [3.8, 4) is 17.2 Å². The normalized spacial score (nSPS) is 12.9. The van der Waals surface area contributed by atoms with Crippen LogP contribution in [0, 0.1) is 0 Å². The van der Waals surface area contributed by atoms with E-state index in [1.807, 2.05) is 26.8 Å². The fraction of sp³-hybridized carbons (Fsp3) is 0.500. The fourth-order valence-corrected chi connectivity index (χ4v) is 1.68. The van der Waals surface area contributed by atoms with Crippen LogP contribution in [0.4, 0.5) is 4.79 Å². The van der Waals surface area contributed by atoms with Crippen LogP contribution < -0.4 is 24.8 Å². The lowest BCUT2D eigenvalue weighted by atomic mass is 10.1. The third-order valence-corrected chi connectivity index (χ3v) is 2.49. The van der Waals surface area contributed by atoms with E-state index in [4.69, 9.17) is 14.2 Å². The van der Waals surface area contributed by atoms with Crippen molar-refractivity contribution in [2.75, 3.05) is 19.9 Å². The lowest BCUT2D eigenvalue weighted by molar-refractivity contribution is 0.173. The van der Waals surface area contributed by atoms with E-state index in [0.29, 0.717) is 24.7 Å². The lowest BCUT2D eigenvalue weighted by Crippen LogP contribution is -2.47. The van der Waals surface area contributed by atoms with Gasteiger partial charge in [0.25, 0.3) is 0 Å². The second-order valence-electron chi connectivity index (χ2n) is 5.49. The maximum Gasteiger partial charge on any atom is 0.315 e. The van der Waals surface area contributed by atoms with Gasteiger partial charge in [-0.1, -0.05) is 0 Å². The van der Waals surface area contributed by atoms with Crippen LogP contribution in [0.5, 0.6) is 17.2 Å². The first-order valence-corrected chi connectivity index (χ1v) is 6.52. The number of rotatable bonds is 4. The highest BCUT2D eigenvalue weighted by Gasteiger charge is 2.14. The van der Waals surface area contributed by atoms with Gasteiger partial charge >= 0.3 is 6.03 Å². The van der Waals surface area contributed by atoms with Crippen LogP contribution in [-0.4, -0.2) is 31.5 Å². The molecule has 0 aliphatic carbocycles. The molecule has 0 spiro atoms. The number of carbonyl (C=O) groups is 1. The Hall–Kier alpha value is -2.11. The van der Waals surface area contributed by atoms with E-state index in [1.54, 1.807) is 12.1 Å². The van der Waals surface area contributed by atoms with E-state index < -0.39 is 0 Å². The molecule has 0 aromatic heterocycles. The molecular formula is C14H20N2O4. The number of hydrogen-bond donors (Lipinski definition) is 2. The van der Waals surface area contributed by atoms with Crippen LogP contribution in [0.15, 0.2) is 18.2 Å². The van der Waals surface area contributed by atoms with E-state index >= 15 is 0 Å². The van der Waals surface area contributed by atoms with Crippen molar-refractivity contribution in [3.63, 3.8) is 0 Å². The Bertz CT molecular complexity index is 483. The van der Waals surface area contributed by atoms with Crippen LogP contribution in [0.25, 0.3) is 0 Å². The highest BCUT2D eigenvalue weighted by molar-refractivity contribution is 5.74. The first kappa shape index (κ1) is 14.3. The van der Waals surface area contributed by atoms with E-state index in [0.717, 1.165) is 5.75 Å². The number of fused-ring (bicyclic) bond motifs is 1. The van der Waals surface area contributed by atoms with Gasteiger partial charge in [0.1, 0.15) is 12.4 Å². The Balaban J connectivity index is 1.70. The van der Waals surface area contributed by atoms with Gasteiger partial charge in [-0.25, -0.2) is 4.79 Å². The number of carbonyl (C=O) groups excluding carboxylic acids is 1. The minimum atomic E-state index is -0.248. The predicted octanol–water partition coefficient (Wildman–Crippen LogP) is 1.89. The maximum atomic E-state index is 11.5. The van der Waals surface area contributed by atoms with Gasteiger partial charge in [0, 0.05) is 11.6 Å². The van der Waals surface area contributed by atoms with Gasteiger partial charge in [0.2, 0.25) is 6.79 Å². The number of amides is 2. The van der Waals surface area contributed by atoms with Crippen LogP contribution in [0.2, 0.25) is 0 Å². The molecule has 0 fully saturated rings. The Morgan fingerprint density at radius 2 is 2.05 bits per heavy atom. The van der Waals surface area contributed by atoms with Gasteiger partial charge in [0.05, 0.1) is 6.54 Å². The molecule has 0 atom stereocenters. The molecular weight excluding hydrogens is 260 g/mol. The topological polar surface area (TPSA) is 68.8 Å². The van der Waals surface area contributed by atoms with Gasteiger partial charge < -0.3 is 24.8 Å². The molecule has 0 bridgehead atoms. The highest BCUT2D eigenvalue weighted by Crippen LogP contribution is 2.34. The number of urea groups is 1. The summed E-state index contributed by atoms with van der Waals surface area (Å²) in [4.78, 5) is 11.5. The molecule has 6 heteroatoms. The molecule has 1 aliphatic rings. The molecule has 6 nitrogen and oxygen atoms in total. The Kier molecular flexibility index (Phi) is 4.22. The summed E-state index contributed by atoms with van der Waals surface area (Å²) in [5, 5.41) is 5.54. The fourth-order valence-electron chi connectivity index (χ4n) is 1.68. The Morgan fingerprint density at radius 1 is 1.30 bits per heavy atom. The molecule has 20 heavy (non-hydrogen) atoms. The summed E-state index contributed by atoms with van der Waals surface area (Å²) >= 11 is 0. The van der Waals surface area contributed by atoms with E-state index in [9.17, 15) is 4.79 Å². The Labute approximate surface area is 118 Å². The van der Waals surface area contributed by atoms with Gasteiger partial charge in [-0.2, -0.15) is 0 Å². The van der Waals surface area contributed by atoms with E-state index in [-0.39, 0.29) is 18.4 Å². The molecule has 110 valence electrons. The quantitative estimate of drug-likeness (QED) is 0.826. The monoisotopic (exact) mass is 280 g/mol. The minimum Gasteiger partial charge on any atom is -0.492 e. The molecule has 0 saturated carbocycles. The minimum absolute atomic E-state index is 0.202. The second kappa shape index (κ2) is 5.90. The van der Waals surface area contributed by atoms with Crippen LogP contribution >= 0.6 is 0 Å². The summed E-state index contributed by atoms with van der Waals surface area (Å²) in [6.07, 6.45) is 0. The molecule has 1 aromatic carbocycles. The van der Waals surface area contributed by atoms with Gasteiger partial charge in [-0.3, -0.25) is 0 Å². The standard InChI is InChI=1S/C14H20N2O4/c1-14(2,3)16-13(17)15-6-7-18-10-4-5-11-12(8-10)20-9-19-11/h4-5,8H,6-7,9H2,1-3H3,(H2,15,16,17). The number of ether oxygens (including phenoxy) is 3. The van der Waals surface area contributed by atoms with Crippen molar-refractivity contribution in [1.82, 2.24) is 10.6 Å². The van der Waals surface area contributed by atoms with Crippen molar-refractivity contribution in [1.29, 1.82) is 0 Å². The van der Waals surface area contributed by atoms with Gasteiger partial charge in [0.15, 0.2) is 11.5 Å². The zero-order valence-corrected chi connectivity index (χ0v) is 12.0. The van der Waals surface area contributed by atoms with Crippen molar-refractivity contribution in [3.05, 3.63) is 18.2 Å². The van der Waals surface area contributed by atoms with Crippen LogP contribution in [-0.2, 0) is 0 Å². The zero-order valence-electron chi connectivity index (χ0n) is 12.0. The zero-order chi connectivity index (χ0) is 14.6. The SMILES string of the molecule is CC(C)(C)NC(=O)NCCOc1ccc2c(c1)OCO2. The number of hydrogen-bond acceptors (Lipinski definition) is 4. The first-order valence-electron chi connectivity index (χ1n) is 6.52. The second-order valence-corrected chi connectivity index (χ2v) is 5.49. The average molecular weight is 280 g/mol. The summed E-state index contributed by atoms with van der Waals surface area (Å²) in [5.41, 5.74) is -0.248. The molecule has 0 saturated heterocycles. The van der Waals surface area contributed by atoms with Crippen molar-refractivity contribution in [2.24, 2.45) is 0 Å². The van der Waals surface area contributed by atoms with E-state index in [1.165, 1.54) is 0 Å². The summed E-state index contributed by atoms with van der Waals surface area (Å²) in [5.74, 6) is 2.09. The summed E-state index contributed by atoms with van der Waals surface area (Å²) in [7, 11) is 0. The van der Waals surface area contributed by atoms with E-state index in [2.05, 4.69) is 10.6 Å². The summed E-state index contributed by atoms with van der Waals surface area (Å²) in [6.45, 7) is 6.84. The lowest BCUT2D eigenvalue weighted by Gasteiger charge is -2.20. The molecule has 2 N–H and O–H groups in total. The molecule has 2 amide bonds. The summed E-state index contributed by atoms with van der Waals surface area (Å²) < 4.78 is 16.0. The molecule has 1 heterocycles. The Morgan fingerprint density at radius 3 is 2.80 bits per heavy atom. The van der Waals surface area contributed by atoms with Crippen LogP contribution in [0.1, 0.15) is 20.8 Å². The first-order chi connectivity index (χ1) is 9.44. The molecule has 1 aliphatic heterocycles. The van der Waals surface area contributed by atoms with Crippen molar-refractivity contribution < 1.29 is 19.0 Å². The van der Waals surface area contributed by atoms with Gasteiger partial charge in [-0.05, 0) is 32.9 Å². The van der Waals surface area contributed by atoms with Crippen molar-refractivity contribution in [2.45, 2.75) is 26.3 Å². The molecule has 0 radical (unpaired) electrons. The largest absolute Gasteiger partial charge is 0.492 e. The van der Waals surface area contributed by atoms with Crippen LogP contribution in [0.3, 0.4) is 0 Å². The predicted molar refractivity (Wildman–Crippen MR) is 74.3 cm³/mol. The maximum absolute atomic E-state index is 11.5. The smallest absolute Gasteiger partial charge is 0.315 e. The molecule has 2 rings (SSSR count).